The molecule has 16 heavy (non-hydrogen) atoms. The Hall–Kier alpha value is -1.18. The fraction of sp³-hybridized carbons (Fsp3) is 0.571. The van der Waals surface area contributed by atoms with Crippen LogP contribution in [0.5, 0.6) is 0 Å². The average Bonchev–Trinajstić information content (AvgIpc) is 2.54. The summed E-state index contributed by atoms with van der Waals surface area (Å²) in [5, 5.41) is 0. The maximum Gasteiger partial charge on any atom is 0.0386 e. The Labute approximate surface area is 98.4 Å². The molecule has 1 heterocycles. The van der Waals surface area contributed by atoms with E-state index in [-0.39, 0.29) is 0 Å². The molecule has 1 unspecified atom stereocenters. The number of nitrogens with two attached hydrogens (primary N) is 1. The molecule has 1 aliphatic rings. The molecular formula is C14H22N2. The summed E-state index contributed by atoms with van der Waals surface area (Å²) in [5.41, 5.74) is 7.99. The van der Waals surface area contributed by atoms with Gasteiger partial charge < -0.3 is 10.6 Å². The van der Waals surface area contributed by atoms with Gasteiger partial charge in [0, 0.05) is 24.5 Å². The van der Waals surface area contributed by atoms with Gasteiger partial charge in [-0.2, -0.15) is 0 Å². The molecule has 1 fully saturated rings. The van der Waals surface area contributed by atoms with Crippen LogP contribution in [-0.4, -0.2) is 13.1 Å². The van der Waals surface area contributed by atoms with E-state index < -0.39 is 0 Å². The van der Waals surface area contributed by atoms with Crippen molar-refractivity contribution < 1.29 is 0 Å². The Morgan fingerprint density at radius 2 is 2.19 bits per heavy atom. The fourth-order valence-corrected chi connectivity index (χ4v) is 2.55. The van der Waals surface area contributed by atoms with Crippen molar-refractivity contribution in [3.05, 3.63) is 24.3 Å². The normalized spacial score (nSPS) is 21.8. The highest BCUT2D eigenvalue weighted by molar-refractivity contribution is 5.55. The van der Waals surface area contributed by atoms with Gasteiger partial charge in [-0.3, -0.25) is 0 Å². The molecule has 0 bridgehead atoms. The predicted molar refractivity (Wildman–Crippen MR) is 70.7 cm³/mol. The summed E-state index contributed by atoms with van der Waals surface area (Å²) in [6.45, 7) is 4.67. The predicted octanol–water partition coefficient (Wildman–Crippen LogP) is 3.29. The molecule has 2 heteroatoms. The second kappa shape index (κ2) is 5.24. The number of benzene rings is 1. The zero-order valence-corrected chi connectivity index (χ0v) is 10.2. The van der Waals surface area contributed by atoms with E-state index in [0.29, 0.717) is 0 Å². The maximum atomic E-state index is 5.83. The van der Waals surface area contributed by atoms with Gasteiger partial charge in [-0.05, 0) is 43.4 Å². The lowest BCUT2D eigenvalue weighted by Crippen LogP contribution is -2.24. The molecular weight excluding hydrogens is 196 g/mol. The molecule has 1 aliphatic heterocycles. The summed E-state index contributed by atoms with van der Waals surface area (Å²) in [4.78, 5) is 2.48. The molecule has 0 saturated carbocycles. The molecule has 1 saturated heterocycles. The average molecular weight is 218 g/mol. The van der Waals surface area contributed by atoms with Gasteiger partial charge in [0.1, 0.15) is 0 Å². The van der Waals surface area contributed by atoms with Gasteiger partial charge in [0.15, 0.2) is 0 Å². The molecule has 0 aromatic heterocycles. The highest BCUT2D eigenvalue weighted by Crippen LogP contribution is 2.25. The molecule has 2 rings (SSSR count). The molecule has 1 aromatic rings. The highest BCUT2D eigenvalue weighted by Gasteiger charge is 2.15. The molecule has 2 N–H and O–H groups in total. The highest BCUT2D eigenvalue weighted by atomic mass is 15.1. The smallest absolute Gasteiger partial charge is 0.0386 e. The quantitative estimate of drug-likeness (QED) is 0.772. The zero-order valence-electron chi connectivity index (χ0n) is 10.2. The van der Waals surface area contributed by atoms with Crippen LogP contribution in [0.15, 0.2) is 24.3 Å². The minimum Gasteiger partial charge on any atom is -0.399 e. The SMILES string of the molecule is CCC1CCCN(c2cccc(N)c2)CC1. The third kappa shape index (κ3) is 2.69. The van der Waals surface area contributed by atoms with Gasteiger partial charge in [-0.1, -0.05) is 19.4 Å². The van der Waals surface area contributed by atoms with E-state index in [4.69, 9.17) is 5.73 Å². The topological polar surface area (TPSA) is 29.3 Å². The van der Waals surface area contributed by atoms with Crippen molar-refractivity contribution in [3.8, 4) is 0 Å². The van der Waals surface area contributed by atoms with Crippen LogP contribution in [0.1, 0.15) is 32.6 Å². The summed E-state index contributed by atoms with van der Waals surface area (Å²) in [6.07, 6.45) is 5.35. The van der Waals surface area contributed by atoms with Crippen molar-refractivity contribution in [1.82, 2.24) is 0 Å². The van der Waals surface area contributed by atoms with Crippen molar-refractivity contribution in [2.45, 2.75) is 32.6 Å². The first-order chi connectivity index (χ1) is 7.79. The molecule has 88 valence electrons. The number of hydrogen-bond donors (Lipinski definition) is 1. The largest absolute Gasteiger partial charge is 0.399 e. The van der Waals surface area contributed by atoms with Crippen molar-refractivity contribution in [2.24, 2.45) is 5.92 Å². The Kier molecular flexibility index (Phi) is 3.70. The van der Waals surface area contributed by atoms with Crippen LogP contribution in [0.2, 0.25) is 0 Å². The molecule has 1 atom stereocenters. The number of nitrogen functional groups attached to an aromatic ring is 1. The summed E-state index contributed by atoms with van der Waals surface area (Å²) in [7, 11) is 0. The Balaban J connectivity index is 2.04. The van der Waals surface area contributed by atoms with E-state index in [1.807, 2.05) is 12.1 Å². The van der Waals surface area contributed by atoms with Crippen molar-refractivity contribution in [1.29, 1.82) is 0 Å². The standard InChI is InChI=1S/C14H22N2/c1-2-12-5-4-9-16(10-8-12)14-7-3-6-13(15)11-14/h3,6-7,11-12H,2,4-5,8-10,15H2,1H3. The van der Waals surface area contributed by atoms with Gasteiger partial charge in [-0.15, -0.1) is 0 Å². The van der Waals surface area contributed by atoms with E-state index in [1.54, 1.807) is 0 Å². The van der Waals surface area contributed by atoms with Crippen LogP contribution in [0.4, 0.5) is 11.4 Å². The zero-order chi connectivity index (χ0) is 11.4. The van der Waals surface area contributed by atoms with E-state index in [0.717, 1.165) is 11.6 Å². The summed E-state index contributed by atoms with van der Waals surface area (Å²) < 4.78 is 0. The number of hydrogen-bond acceptors (Lipinski definition) is 2. The van der Waals surface area contributed by atoms with E-state index in [1.165, 1.54) is 44.5 Å². The van der Waals surface area contributed by atoms with Crippen LogP contribution in [-0.2, 0) is 0 Å². The second-order valence-corrected chi connectivity index (χ2v) is 4.79. The van der Waals surface area contributed by atoms with Gasteiger partial charge in [0.2, 0.25) is 0 Å². The monoisotopic (exact) mass is 218 g/mol. The first-order valence-electron chi connectivity index (χ1n) is 6.40. The first-order valence-corrected chi connectivity index (χ1v) is 6.40. The summed E-state index contributed by atoms with van der Waals surface area (Å²) >= 11 is 0. The Bertz CT molecular complexity index is 335. The lowest BCUT2D eigenvalue weighted by molar-refractivity contribution is 0.459. The Morgan fingerprint density at radius 1 is 1.31 bits per heavy atom. The minimum atomic E-state index is 0.869. The number of nitrogens with zero attached hydrogens (tertiary/aromatic N) is 1. The molecule has 1 aromatic carbocycles. The molecule has 0 aliphatic carbocycles. The molecule has 0 amide bonds. The van der Waals surface area contributed by atoms with E-state index in [2.05, 4.69) is 24.0 Å². The van der Waals surface area contributed by atoms with Crippen LogP contribution < -0.4 is 10.6 Å². The molecule has 0 spiro atoms. The maximum absolute atomic E-state index is 5.83. The lowest BCUT2D eigenvalue weighted by Gasteiger charge is -2.23. The Morgan fingerprint density at radius 3 is 2.94 bits per heavy atom. The number of anilines is 2. The van der Waals surface area contributed by atoms with Crippen molar-refractivity contribution in [3.63, 3.8) is 0 Å². The molecule has 0 radical (unpaired) electrons. The lowest BCUT2D eigenvalue weighted by atomic mass is 9.98. The van der Waals surface area contributed by atoms with Gasteiger partial charge >= 0.3 is 0 Å². The summed E-state index contributed by atoms with van der Waals surface area (Å²) in [5.74, 6) is 0.922. The third-order valence-electron chi connectivity index (χ3n) is 3.66. The van der Waals surface area contributed by atoms with Crippen molar-refractivity contribution in [2.75, 3.05) is 23.7 Å². The summed E-state index contributed by atoms with van der Waals surface area (Å²) in [6, 6.07) is 8.26. The first kappa shape index (κ1) is 11.3. The minimum absolute atomic E-state index is 0.869. The van der Waals surface area contributed by atoms with Crippen molar-refractivity contribution >= 4 is 11.4 Å². The fourth-order valence-electron chi connectivity index (χ4n) is 2.55. The van der Waals surface area contributed by atoms with Crippen LogP contribution in [0.3, 0.4) is 0 Å². The van der Waals surface area contributed by atoms with Gasteiger partial charge in [0.25, 0.3) is 0 Å². The molecule has 2 nitrogen and oxygen atoms in total. The van der Waals surface area contributed by atoms with E-state index in [9.17, 15) is 0 Å². The van der Waals surface area contributed by atoms with Crippen LogP contribution >= 0.6 is 0 Å². The van der Waals surface area contributed by atoms with Gasteiger partial charge in [0.05, 0.1) is 0 Å². The second-order valence-electron chi connectivity index (χ2n) is 4.79. The van der Waals surface area contributed by atoms with Crippen LogP contribution in [0.25, 0.3) is 0 Å². The number of rotatable bonds is 2. The van der Waals surface area contributed by atoms with E-state index >= 15 is 0 Å². The van der Waals surface area contributed by atoms with Gasteiger partial charge in [-0.25, -0.2) is 0 Å². The van der Waals surface area contributed by atoms with Crippen LogP contribution in [0, 0.1) is 5.92 Å². The third-order valence-corrected chi connectivity index (χ3v) is 3.66.